The molecule has 270 valence electrons. The number of anilines is 2. The summed E-state index contributed by atoms with van der Waals surface area (Å²) in [4.78, 5) is 18.4. The van der Waals surface area contributed by atoms with Gasteiger partial charge in [-0.05, 0) is 66.4 Å². The number of ether oxygens (including phenoxy) is 1. The molecule has 0 spiro atoms. The van der Waals surface area contributed by atoms with E-state index in [2.05, 4.69) is 53.3 Å². The van der Waals surface area contributed by atoms with Gasteiger partial charge in [-0.1, -0.05) is 58.0 Å². The van der Waals surface area contributed by atoms with E-state index in [1.165, 1.54) is 19.2 Å². The number of rotatable bonds is 9. The van der Waals surface area contributed by atoms with Crippen LogP contribution in [0.1, 0.15) is 27.7 Å². The van der Waals surface area contributed by atoms with E-state index in [9.17, 15) is 13.2 Å². The van der Waals surface area contributed by atoms with Crippen LogP contribution in [0.5, 0.6) is 5.75 Å². The Morgan fingerprint density at radius 3 is 1.74 bits per heavy atom. The minimum absolute atomic E-state index is 0.170. The molecular formula is C41H39F3N8O. The largest absolute Gasteiger partial charge is 0.494 e. The van der Waals surface area contributed by atoms with Gasteiger partial charge in [-0.2, -0.15) is 0 Å². The van der Waals surface area contributed by atoms with E-state index in [0.717, 1.165) is 63.9 Å². The fourth-order valence-corrected chi connectivity index (χ4v) is 6.12. The molecule has 0 bridgehead atoms. The van der Waals surface area contributed by atoms with Crippen molar-refractivity contribution < 1.29 is 17.9 Å². The van der Waals surface area contributed by atoms with E-state index in [4.69, 9.17) is 9.72 Å². The zero-order valence-corrected chi connectivity index (χ0v) is 30.0. The van der Waals surface area contributed by atoms with Crippen molar-refractivity contribution in [3.05, 3.63) is 115 Å². The molecule has 2 N–H and O–H groups in total. The molecule has 0 saturated carbocycles. The Hall–Kier alpha value is -6.17. The van der Waals surface area contributed by atoms with Crippen molar-refractivity contribution in [1.29, 1.82) is 0 Å². The van der Waals surface area contributed by atoms with Crippen molar-refractivity contribution >= 4 is 45.0 Å². The third-order valence-corrected chi connectivity index (χ3v) is 8.69. The van der Waals surface area contributed by atoms with Crippen molar-refractivity contribution in [2.24, 2.45) is 11.8 Å². The molecular weight excluding hydrogens is 678 g/mol. The van der Waals surface area contributed by atoms with E-state index in [-0.39, 0.29) is 11.3 Å². The van der Waals surface area contributed by atoms with Crippen molar-refractivity contribution in [3.8, 4) is 28.3 Å². The molecule has 4 aromatic heterocycles. The lowest BCUT2D eigenvalue weighted by atomic mass is 10.1. The number of aromatic nitrogens is 6. The monoisotopic (exact) mass is 716 g/mol. The van der Waals surface area contributed by atoms with E-state index in [1.807, 2.05) is 63.4 Å². The highest BCUT2D eigenvalue weighted by molar-refractivity contribution is 5.87. The first-order chi connectivity index (χ1) is 25.6. The topological polar surface area (TPSA) is 93.7 Å². The first kappa shape index (κ1) is 35.2. The zero-order chi connectivity index (χ0) is 37.2. The number of hydrogen-bond acceptors (Lipinski definition) is 7. The molecule has 0 unspecified atom stereocenters. The first-order valence-electron chi connectivity index (χ1n) is 17.4. The third kappa shape index (κ3) is 6.92. The van der Waals surface area contributed by atoms with E-state index in [0.29, 0.717) is 29.0 Å². The second kappa shape index (κ2) is 14.8. The van der Waals surface area contributed by atoms with Crippen LogP contribution in [-0.2, 0) is 0 Å². The van der Waals surface area contributed by atoms with Crippen LogP contribution in [-0.4, -0.2) is 48.9 Å². The second-order valence-corrected chi connectivity index (χ2v) is 13.5. The standard InChI is InChI=1S/C21H21FN4O.C20H18F2N4/c1-13(2)11-23-20-21-24-12-18(14-8-9-19(27-3)15(22)10-14)26(21)17-7-5-4-6-16(17)25-20;1-12(2)10-23-19-20-24-11-17(13-6-5-7-14(21)18(13)22)26(20)16-9-4-3-8-15(16)25-19/h4-10,12-13H,11H2,1-3H3,(H,23,25);3-9,11-12H,10H2,1-2H3,(H,23,25). The molecule has 0 saturated heterocycles. The van der Waals surface area contributed by atoms with Crippen LogP contribution in [0, 0.1) is 29.3 Å². The van der Waals surface area contributed by atoms with Gasteiger partial charge in [0.05, 0.1) is 53.0 Å². The number of hydrogen-bond donors (Lipinski definition) is 2. The number of benzene rings is 4. The van der Waals surface area contributed by atoms with Crippen molar-refractivity contribution in [3.63, 3.8) is 0 Å². The summed E-state index contributed by atoms with van der Waals surface area (Å²) in [7, 11) is 1.46. The summed E-state index contributed by atoms with van der Waals surface area (Å²) in [5.41, 5.74) is 6.81. The van der Waals surface area contributed by atoms with Gasteiger partial charge in [-0.15, -0.1) is 0 Å². The minimum Gasteiger partial charge on any atom is -0.494 e. The molecule has 4 aromatic carbocycles. The highest BCUT2D eigenvalue weighted by Gasteiger charge is 2.19. The van der Waals surface area contributed by atoms with Gasteiger partial charge >= 0.3 is 0 Å². The third-order valence-electron chi connectivity index (χ3n) is 8.69. The predicted molar refractivity (Wildman–Crippen MR) is 205 cm³/mol. The molecule has 9 nitrogen and oxygen atoms in total. The summed E-state index contributed by atoms with van der Waals surface area (Å²) in [6.07, 6.45) is 3.31. The summed E-state index contributed by atoms with van der Waals surface area (Å²) in [6.45, 7) is 10.0. The number of halogens is 3. The number of fused-ring (bicyclic) bond motifs is 6. The molecule has 0 amide bonds. The zero-order valence-electron chi connectivity index (χ0n) is 30.0. The smallest absolute Gasteiger partial charge is 0.181 e. The van der Waals surface area contributed by atoms with Gasteiger partial charge in [-0.25, -0.2) is 33.1 Å². The number of nitrogens with zero attached hydrogens (tertiary/aromatic N) is 6. The normalized spacial score (nSPS) is 11.5. The van der Waals surface area contributed by atoms with Crippen molar-refractivity contribution in [2.45, 2.75) is 27.7 Å². The Balaban J connectivity index is 0.000000164. The molecule has 0 aliphatic carbocycles. The van der Waals surface area contributed by atoms with Crippen LogP contribution < -0.4 is 15.4 Å². The Labute approximate surface area is 304 Å². The Morgan fingerprint density at radius 2 is 1.19 bits per heavy atom. The van der Waals surface area contributed by atoms with Gasteiger partial charge in [-0.3, -0.25) is 8.80 Å². The molecule has 0 aliphatic heterocycles. The number of para-hydroxylation sites is 4. The van der Waals surface area contributed by atoms with Crippen LogP contribution in [0.3, 0.4) is 0 Å². The fourth-order valence-electron chi connectivity index (χ4n) is 6.12. The quantitative estimate of drug-likeness (QED) is 0.154. The predicted octanol–water partition coefficient (Wildman–Crippen LogP) is 9.66. The molecule has 0 atom stereocenters. The van der Waals surface area contributed by atoms with Gasteiger partial charge in [0.25, 0.3) is 0 Å². The molecule has 8 rings (SSSR count). The average molecular weight is 717 g/mol. The summed E-state index contributed by atoms with van der Waals surface area (Å²) in [5, 5.41) is 6.69. The summed E-state index contributed by atoms with van der Waals surface area (Å²) in [5.74, 6) is 0.311. The van der Waals surface area contributed by atoms with Crippen LogP contribution in [0.2, 0.25) is 0 Å². The van der Waals surface area contributed by atoms with Crippen LogP contribution in [0.15, 0.2) is 97.3 Å². The number of methoxy groups -OCH3 is 1. The molecule has 0 radical (unpaired) electrons. The van der Waals surface area contributed by atoms with E-state index >= 15 is 0 Å². The van der Waals surface area contributed by atoms with Crippen LogP contribution in [0.25, 0.3) is 55.9 Å². The lowest BCUT2D eigenvalue weighted by molar-refractivity contribution is 0.386. The van der Waals surface area contributed by atoms with Gasteiger partial charge in [0.1, 0.15) is 0 Å². The number of imidazole rings is 2. The SMILES string of the molecule is CC(C)CNc1nc2ccccc2n2c(-c3cccc(F)c3F)cnc12.COc1ccc(-c2cnc3c(NCC(C)C)nc4ccccc4n23)cc1F. The minimum atomic E-state index is -0.883. The van der Waals surface area contributed by atoms with Crippen molar-refractivity contribution in [1.82, 2.24) is 28.7 Å². The Morgan fingerprint density at radius 1 is 0.642 bits per heavy atom. The molecule has 53 heavy (non-hydrogen) atoms. The molecule has 0 aliphatic rings. The van der Waals surface area contributed by atoms with Crippen LogP contribution >= 0.6 is 0 Å². The molecule has 8 aromatic rings. The second-order valence-electron chi connectivity index (χ2n) is 13.5. The molecule has 4 heterocycles. The lowest BCUT2D eigenvalue weighted by Gasteiger charge is -2.13. The maximum Gasteiger partial charge on any atom is 0.181 e. The molecule has 0 fully saturated rings. The highest BCUT2D eigenvalue weighted by Crippen LogP contribution is 2.32. The van der Waals surface area contributed by atoms with E-state index < -0.39 is 17.5 Å². The van der Waals surface area contributed by atoms with Gasteiger partial charge in [0.2, 0.25) is 0 Å². The lowest BCUT2D eigenvalue weighted by Crippen LogP contribution is -2.11. The molecule has 12 heteroatoms. The highest BCUT2D eigenvalue weighted by atomic mass is 19.2. The summed E-state index contributed by atoms with van der Waals surface area (Å²) in [6, 6.07) is 24.5. The van der Waals surface area contributed by atoms with Gasteiger partial charge < -0.3 is 15.4 Å². The van der Waals surface area contributed by atoms with Crippen molar-refractivity contribution in [2.75, 3.05) is 30.8 Å². The fraction of sp³-hybridized carbons (Fsp3) is 0.220. The summed E-state index contributed by atoms with van der Waals surface area (Å²) < 4.78 is 51.3. The Bertz CT molecular complexity index is 2580. The van der Waals surface area contributed by atoms with Crippen LogP contribution in [0.4, 0.5) is 24.8 Å². The maximum absolute atomic E-state index is 14.4. The number of nitrogens with one attached hydrogen (secondary N) is 2. The summed E-state index contributed by atoms with van der Waals surface area (Å²) >= 11 is 0. The van der Waals surface area contributed by atoms with Gasteiger partial charge in [0.15, 0.2) is 46.1 Å². The maximum atomic E-state index is 14.4. The average Bonchev–Trinajstić information content (AvgIpc) is 3.81. The Kier molecular flexibility index (Phi) is 9.86. The van der Waals surface area contributed by atoms with E-state index in [1.54, 1.807) is 24.5 Å². The first-order valence-corrected chi connectivity index (χ1v) is 17.4. The van der Waals surface area contributed by atoms with Gasteiger partial charge in [0, 0.05) is 24.2 Å².